The third-order valence-corrected chi connectivity index (χ3v) is 8.51. The highest BCUT2D eigenvalue weighted by Crippen LogP contribution is 2.36. The standard InChI is InChI=1S/C31H28N6O4S/c38-29-28(42-31(39)36-29)15-22-7-10-33-30(34-22)37-11-8-19(9-12-37)16-32-17-25-23-4-2-1-3-20(23)13-24(35-25)21-5-6-26-27(14-21)41-18-40-26/h1-7,10,13-15,19,32H,8-9,11-12,16-18H2,(H,36,38,39)/b28-15+. The van der Waals surface area contributed by atoms with Crippen LogP contribution in [0.5, 0.6) is 11.5 Å². The lowest BCUT2D eigenvalue weighted by molar-refractivity contribution is -0.115. The van der Waals surface area contributed by atoms with E-state index in [4.69, 9.17) is 14.5 Å². The van der Waals surface area contributed by atoms with E-state index in [1.54, 1.807) is 18.3 Å². The molecule has 3 aliphatic rings. The quantitative estimate of drug-likeness (QED) is 0.297. The Morgan fingerprint density at radius 1 is 1.02 bits per heavy atom. The van der Waals surface area contributed by atoms with E-state index < -0.39 is 0 Å². The van der Waals surface area contributed by atoms with Crippen molar-refractivity contribution >= 4 is 45.7 Å². The average Bonchev–Trinajstić information content (AvgIpc) is 3.62. The highest BCUT2D eigenvalue weighted by atomic mass is 32.2. The molecule has 7 rings (SSSR count). The smallest absolute Gasteiger partial charge is 0.290 e. The van der Waals surface area contributed by atoms with Gasteiger partial charge in [0.25, 0.3) is 11.1 Å². The van der Waals surface area contributed by atoms with Crippen LogP contribution in [0.25, 0.3) is 28.1 Å². The van der Waals surface area contributed by atoms with Crippen LogP contribution in [-0.2, 0) is 11.3 Å². The van der Waals surface area contributed by atoms with E-state index in [0.717, 1.165) is 83.5 Å². The van der Waals surface area contributed by atoms with Gasteiger partial charge in [-0.05, 0) is 78.9 Å². The molecule has 2 saturated heterocycles. The summed E-state index contributed by atoms with van der Waals surface area (Å²) in [5.74, 6) is 2.29. The van der Waals surface area contributed by atoms with E-state index in [9.17, 15) is 9.59 Å². The minimum atomic E-state index is -0.388. The molecular formula is C31H28N6O4S. The predicted molar refractivity (Wildman–Crippen MR) is 161 cm³/mol. The minimum absolute atomic E-state index is 0.248. The van der Waals surface area contributed by atoms with Crippen molar-refractivity contribution in [1.82, 2.24) is 25.6 Å². The number of carbonyl (C=O) groups is 2. The maximum absolute atomic E-state index is 11.9. The van der Waals surface area contributed by atoms with Crippen LogP contribution in [-0.4, -0.2) is 52.5 Å². The van der Waals surface area contributed by atoms with Crippen molar-refractivity contribution in [3.05, 3.63) is 77.1 Å². The largest absolute Gasteiger partial charge is 0.454 e. The van der Waals surface area contributed by atoms with Crippen LogP contribution in [0.15, 0.2) is 65.7 Å². The predicted octanol–water partition coefficient (Wildman–Crippen LogP) is 4.75. The maximum atomic E-state index is 11.9. The third kappa shape index (κ3) is 5.53. The number of aromatic nitrogens is 3. The van der Waals surface area contributed by atoms with Crippen molar-refractivity contribution in [1.29, 1.82) is 0 Å². The van der Waals surface area contributed by atoms with Crippen molar-refractivity contribution in [2.75, 3.05) is 31.3 Å². The normalized spacial score (nSPS) is 17.8. The molecule has 3 aliphatic heterocycles. The SMILES string of the molecule is O=C1NC(=O)/C(=C\c2ccnc(N3CCC(CNCc4nc(-c5ccc6c(c5)OCO6)cc5ccccc45)CC3)n2)S1. The van der Waals surface area contributed by atoms with Crippen molar-refractivity contribution in [3.63, 3.8) is 0 Å². The number of hydrogen-bond acceptors (Lipinski definition) is 10. The number of hydrogen-bond donors (Lipinski definition) is 2. The molecule has 0 aliphatic carbocycles. The molecule has 0 atom stereocenters. The number of imide groups is 1. The zero-order valence-corrected chi connectivity index (χ0v) is 23.5. The maximum Gasteiger partial charge on any atom is 0.290 e. The summed E-state index contributed by atoms with van der Waals surface area (Å²) in [6, 6.07) is 18.2. The first-order valence-electron chi connectivity index (χ1n) is 13.9. The summed E-state index contributed by atoms with van der Waals surface area (Å²) in [6.07, 6.45) is 5.35. The van der Waals surface area contributed by atoms with E-state index in [-0.39, 0.29) is 17.9 Å². The van der Waals surface area contributed by atoms with Gasteiger partial charge in [0.1, 0.15) is 0 Å². The van der Waals surface area contributed by atoms with Gasteiger partial charge in [0.2, 0.25) is 12.7 Å². The molecule has 2 aromatic heterocycles. The number of carbonyl (C=O) groups excluding carboxylic acids is 2. The first kappa shape index (κ1) is 26.4. The average molecular weight is 581 g/mol. The van der Waals surface area contributed by atoms with E-state index in [0.29, 0.717) is 29.0 Å². The molecule has 0 unspecified atom stereocenters. The fraction of sp³-hybridized carbons (Fsp3) is 0.258. The van der Waals surface area contributed by atoms with Gasteiger partial charge in [-0.3, -0.25) is 19.9 Å². The van der Waals surface area contributed by atoms with Gasteiger partial charge in [0.05, 0.1) is 22.0 Å². The molecular weight excluding hydrogens is 552 g/mol. The number of thioether (sulfide) groups is 1. The summed E-state index contributed by atoms with van der Waals surface area (Å²) < 4.78 is 11.1. The Hall–Kier alpha value is -4.48. The molecule has 0 saturated carbocycles. The lowest BCUT2D eigenvalue weighted by Crippen LogP contribution is -2.38. The van der Waals surface area contributed by atoms with Gasteiger partial charge in [0.15, 0.2) is 11.5 Å². The molecule has 0 bridgehead atoms. The lowest BCUT2D eigenvalue weighted by Gasteiger charge is -2.32. The van der Waals surface area contributed by atoms with Gasteiger partial charge in [-0.1, -0.05) is 24.3 Å². The number of piperidine rings is 1. The minimum Gasteiger partial charge on any atom is -0.454 e. The van der Waals surface area contributed by atoms with Crippen LogP contribution in [0.4, 0.5) is 10.7 Å². The number of benzene rings is 2. The molecule has 0 radical (unpaired) electrons. The van der Waals surface area contributed by atoms with Crippen LogP contribution in [0, 0.1) is 5.92 Å². The van der Waals surface area contributed by atoms with Crippen LogP contribution in [0.2, 0.25) is 0 Å². The summed E-state index contributed by atoms with van der Waals surface area (Å²) in [5, 5.41) is 7.87. The van der Waals surface area contributed by atoms with E-state index >= 15 is 0 Å². The first-order valence-corrected chi connectivity index (χ1v) is 14.7. The molecule has 2 aromatic carbocycles. The van der Waals surface area contributed by atoms with Crippen molar-refractivity contribution in [2.24, 2.45) is 5.92 Å². The molecule has 5 heterocycles. The second-order valence-corrected chi connectivity index (χ2v) is 11.5. The van der Waals surface area contributed by atoms with Crippen molar-refractivity contribution in [2.45, 2.75) is 19.4 Å². The van der Waals surface area contributed by atoms with Gasteiger partial charge < -0.3 is 19.7 Å². The Kier molecular flexibility index (Phi) is 7.18. The summed E-state index contributed by atoms with van der Waals surface area (Å²) in [7, 11) is 0. The van der Waals surface area contributed by atoms with Gasteiger partial charge in [-0.25, -0.2) is 9.97 Å². The Morgan fingerprint density at radius 2 is 1.88 bits per heavy atom. The Labute approximate surface area is 246 Å². The van der Waals surface area contributed by atoms with Gasteiger partial charge in [-0.2, -0.15) is 0 Å². The zero-order valence-electron chi connectivity index (χ0n) is 22.7. The van der Waals surface area contributed by atoms with Crippen LogP contribution >= 0.6 is 11.8 Å². The number of amides is 2. The molecule has 42 heavy (non-hydrogen) atoms. The second kappa shape index (κ2) is 11.4. The Balaban J connectivity index is 0.983. The summed E-state index contributed by atoms with van der Waals surface area (Å²) >= 11 is 0.887. The molecule has 2 N–H and O–H groups in total. The summed E-state index contributed by atoms with van der Waals surface area (Å²) in [4.78, 5) is 40.0. The number of ether oxygens (including phenoxy) is 2. The molecule has 2 amide bonds. The van der Waals surface area contributed by atoms with Crippen LogP contribution < -0.4 is 25.0 Å². The molecule has 11 heteroatoms. The summed E-state index contributed by atoms with van der Waals surface area (Å²) in [5.41, 5.74) is 3.54. The molecule has 10 nitrogen and oxygen atoms in total. The van der Waals surface area contributed by atoms with E-state index in [1.165, 1.54) is 0 Å². The van der Waals surface area contributed by atoms with E-state index in [2.05, 4.69) is 55.8 Å². The van der Waals surface area contributed by atoms with Gasteiger partial charge >= 0.3 is 0 Å². The number of nitrogens with zero attached hydrogens (tertiary/aromatic N) is 4. The number of rotatable bonds is 7. The number of nitrogens with one attached hydrogen (secondary N) is 2. The van der Waals surface area contributed by atoms with Crippen LogP contribution in [0.1, 0.15) is 24.2 Å². The molecule has 4 aromatic rings. The van der Waals surface area contributed by atoms with Crippen molar-refractivity contribution < 1.29 is 19.1 Å². The first-order chi connectivity index (χ1) is 20.6. The molecule has 212 valence electrons. The summed E-state index contributed by atoms with van der Waals surface area (Å²) in [6.45, 7) is 3.51. The Morgan fingerprint density at radius 3 is 2.74 bits per heavy atom. The monoisotopic (exact) mass is 580 g/mol. The third-order valence-electron chi connectivity index (χ3n) is 7.70. The topological polar surface area (TPSA) is 119 Å². The second-order valence-electron chi connectivity index (χ2n) is 10.4. The van der Waals surface area contributed by atoms with Gasteiger partial charge in [-0.15, -0.1) is 0 Å². The number of anilines is 1. The highest BCUT2D eigenvalue weighted by Gasteiger charge is 2.26. The van der Waals surface area contributed by atoms with E-state index in [1.807, 2.05) is 18.2 Å². The van der Waals surface area contributed by atoms with Gasteiger partial charge in [0, 0.05) is 36.8 Å². The Bertz CT molecular complexity index is 1720. The number of pyridine rings is 1. The zero-order chi connectivity index (χ0) is 28.5. The fourth-order valence-electron chi connectivity index (χ4n) is 5.49. The highest BCUT2D eigenvalue weighted by molar-refractivity contribution is 8.18. The lowest BCUT2D eigenvalue weighted by atomic mass is 9.97. The van der Waals surface area contributed by atoms with Crippen LogP contribution in [0.3, 0.4) is 0 Å². The fourth-order valence-corrected chi connectivity index (χ4v) is 6.16. The molecule has 0 spiro atoms. The number of fused-ring (bicyclic) bond motifs is 2. The molecule has 2 fully saturated rings. The van der Waals surface area contributed by atoms with Crippen molar-refractivity contribution in [3.8, 4) is 22.8 Å².